The van der Waals surface area contributed by atoms with E-state index >= 15 is 0 Å². The quantitative estimate of drug-likeness (QED) is 0.766. The molecule has 1 unspecified atom stereocenters. The van der Waals surface area contributed by atoms with Crippen LogP contribution in [0.25, 0.3) is 0 Å². The molecule has 0 aromatic heterocycles. The number of nitrogens with zero attached hydrogens (tertiary/aromatic N) is 1. The summed E-state index contributed by atoms with van der Waals surface area (Å²) >= 11 is 0. The fourth-order valence-electron chi connectivity index (χ4n) is 1.76. The summed E-state index contributed by atoms with van der Waals surface area (Å²) < 4.78 is 10.3. The third kappa shape index (κ3) is 4.64. The van der Waals surface area contributed by atoms with Gasteiger partial charge in [0.25, 0.3) is 0 Å². The third-order valence-electron chi connectivity index (χ3n) is 2.91. The van der Waals surface area contributed by atoms with Crippen LogP contribution in [0.4, 0.5) is 5.69 Å². The molecule has 0 saturated heterocycles. The second-order valence-corrected chi connectivity index (χ2v) is 4.35. The molecule has 0 fully saturated rings. The summed E-state index contributed by atoms with van der Waals surface area (Å²) in [7, 11) is 3.43. The molecular weight excluding hydrogens is 228 g/mol. The first-order chi connectivity index (χ1) is 8.69. The van der Waals surface area contributed by atoms with Crippen LogP contribution in [0, 0.1) is 0 Å². The number of rotatable bonds is 8. The number of ether oxygens (including phenoxy) is 2. The van der Waals surface area contributed by atoms with Crippen LogP contribution < -0.4 is 10.6 Å². The smallest absolute Gasteiger partial charge is 0.0637 e. The Bertz CT molecular complexity index is 317. The van der Waals surface area contributed by atoms with Crippen LogP contribution in [0.15, 0.2) is 24.3 Å². The van der Waals surface area contributed by atoms with Gasteiger partial charge in [-0.3, -0.25) is 0 Å². The highest BCUT2D eigenvalue weighted by molar-refractivity contribution is 5.48. The monoisotopic (exact) mass is 252 g/mol. The van der Waals surface area contributed by atoms with Crippen molar-refractivity contribution in [2.45, 2.75) is 13.0 Å². The van der Waals surface area contributed by atoms with Crippen LogP contribution in [-0.4, -0.2) is 40.5 Å². The number of hydrogen-bond acceptors (Lipinski definition) is 4. The van der Waals surface area contributed by atoms with Gasteiger partial charge in [-0.05, 0) is 24.6 Å². The molecule has 0 spiro atoms. The van der Waals surface area contributed by atoms with Crippen molar-refractivity contribution in [1.29, 1.82) is 0 Å². The maximum atomic E-state index is 5.85. The van der Waals surface area contributed by atoms with Crippen LogP contribution in [0.1, 0.15) is 18.5 Å². The summed E-state index contributed by atoms with van der Waals surface area (Å²) in [5.41, 5.74) is 8.17. The Morgan fingerprint density at radius 3 is 1.94 bits per heavy atom. The van der Waals surface area contributed by atoms with Gasteiger partial charge in [0.2, 0.25) is 0 Å². The van der Waals surface area contributed by atoms with E-state index in [1.807, 2.05) is 6.92 Å². The van der Waals surface area contributed by atoms with E-state index in [1.54, 1.807) is 14.2 Å². The Balaban J connectivity index is 2.70. The molecular formula is C14H24N2O2. The topological polar surface area (TPSA) is 47.7 Å². The highest BCUT2D eigenvalue weighted by Gasteiger charge is 2.07. The van der Waals surface area contributed by atoms with Gasteiger partial charge in [-0.25, -0.2) is 0 Å². The molecule has 0 aliphatic carbocycles. The van der Waals surface area contributed by atoms with Crippen molar-refractivity contribution in [3.63, 3.8) is 0 Å². The van der Waals surface area contributed by atoms with Crippen LogP contribution in [0.3, 0.4) is 0 Å². The lowest BCUT2D eigenvalue weighted by molar-refractivity contribution is 0.190. The lowest BCUT2D eigenvalue weighted by atomic mass is 10.1. The van der Waals surface area contributed by atoms with E-state index in [0.29, 0.717) is 13.2 Å². The molecule has 0 amide bonds. The molecule has 1 aromatic carbocycles. The zero-order valence-electron chi connectivity index (χ0n) is 11.6. The molecule has 0 aliphatic rings. The van der Waals surface area contributed by atoms with Gasteiger partial charge < -0.3 is 20.1 Å². The van der Waals surface area contributed by atoms with Crippen molar-refractivity contribution in [3.8, 4) is 0 Å². The zero-order chi connectivity index (χ0) is 13.4. The van der Waals surface area contributed by atoms with Crippen molar-refractivity contribution in [2.24, 2.45) is 5.73 Å². The van der Waals surface area contributed by atoms with E-state index in [9.17, 15) is 0 Å². The van der Waals surface area contributed by atoms with Gasteiger partial charge >= 0.3 is 0 Å². The number of hydrogen-bond donors (Lipinski definition) is 1. The van der Waals surface area contributed by atoms with E-state index < -0.39 is 0 Å². The summed E-state index contributed by atoms with van der Waals surface area (Å²) in [4.78, 5) is 2.25. The van der Waals surface area contributed by atoms with Gasteiger partial charge in [0, 0.05) is 39.0 Å². The van der Waals surface area contributed by atoms with Crippen molar-refractivity contribution in [1.82, 2.24) is 0 Å². The Hall–Kier alpha value is -1.10. The average Bonchev–Trinajstić information content (AvgIpc) is 2.39. The molecule has 1 atom stereocenters. The molecule has 2 N–H and O–H groups in total. The van der Waals surface area contributed by atoms with Gasteiger partial charge in [-0.2, -0.15) is 0 Å². The predicted octanol–water partition coefficient (Wildman–Crippen LogP) is 1.81. The Morgan fingerprint density at radius 1 is 1.06 bits per heavy atom. The molecule has 0 heterocycles. The summed E-state index contributed by atoms with van der Waals surface area (Å²) in [6, 6.07) is 8.43. The molecule has 0 radical (unpaired) electrons. The second-order valence-electron chi connectivity index (χ2n) is 4.35. The summed E-state index contributed by atoms with van der Waals surface area (Å²) in [5, 5.41) is 0. The van der Waals surface area contributed by atoms with Crippen LogP contribution >= 0.6 is 0 Å². The van der Waals surface area contributed by atoms with Crippen molar-refractivity contribution in [3.05, 3.63) is 29.8 Å². The average molecular weight is 252 g/mol. The summed E-state index contributed by atoms with van der Waals surface area (Å²) in [6.07, 6.45) is 0. The van der Waals surface area contributed by atoms with E-state index in [4.69, 9.17) is 15.2 Å². The summed E-state index contributed by atoms with van der Waals surface area (Å²) in [6.45, 7) is 5.12. The SMILES string of the molecule is COCCN(CCOC)c1ccc(C(C)N)cc1. The van der Waals surface area contributed by atoms with Gasteiger partial charge in [-0.1, -0.05) is 12.1 Å². The minimum Gasteiger partial charge on any atom is -0.383 e. The zero-order valence-corrected chi connectivity index (χ0v) is 11.6. The normalized spacial score (nSPS) is 12.4. The largest absolute Gasteiger partial charge is 0.383 e. The second kappa shape index (κ2) is 8.08. The standard InChI is InChI=1S/C14H24N2O2/c1-12(15)13-4-6-14(7-5-13)16(8-10-17-2)9-11-18-3/h4-7,12H,8-11,15H2,1-3H3. The first-order valence-electron chi connectivity index (χ1n) is 6.27. The third-order valence-corrected chi connectivity index (χ3v) is 2.91. The van der Waals surface area contributed by atoms with Gasteiger partial charge in [-0.15, -0.1) is 0 Å². The highest BCUT2D eigenvalue weighted by Crippen LogP contribution is 2.17. The molecule has 4 heteroatoms. The Kier molecular flexibility index (Phi) is 6.72. The Labute approximate surface area is 110 Å². The lowest BCUT2D eigenvalue weighted by Gasteiger charge is -2.24. The highest BCUT2D eigenvalue weighted by atomic mass is 16.5. The van der Waals surface area contributed by atoms with Gasteiger partial charge in [0.15, 0.2) is 0 Å². The number of nitrogens with two attached hydrogens (primary N) is 1. The minimum absolute atomic E-state index is 0.0745. The molecule has 0 saturated carbocycles. The van der Waals surface area contributed by atoms with Crippen LogP contribution in [0.2, 0.25) is 0 Å². The Morgan fingerprint density at radius 2 is 1.56 bits per heavy atom. The number of methoxy groups -OCH3 is 2. The number of benzene rings is 1. The van der Waals surface area contributed by atoms with Gasteiger partial charge in [0.1, 0.15) is 0 Å². The number of anilines is 1. The van der Waals surface area contributed by atoms with Crippen LogP contribution in [0.5, 0.6) is 0 Å². The predicted molar refractivity (Wildman–Crippen MR) is 75.0 cm³/mol. The maximum absolute atomic E-state index is 5.85. The van der Waals surface area contributed by atoms with E-state index in [1.165, 1.54) is 5.69 Å². The molecule has 1 rings (SSSR count). The molecule has 4 nitrogen and oxygen atoms in total. The molecule has 1 aromatic rings. The van der Waals surface area contributed by atoms with E-state index in [-0.39, 0.29) is 6.04 Å². The van der Waals surface area contributed by atoms with Crippen molar-refractivity contribution >= 4 is 5.69 Å². The molecule has 102 valence electrons. The van der Waals surface area contributed by atoms with Crippen molar-refractivity contribution < 1.29 is 9.47 Å². The van der Waals surface area contributed by atoms with Crippen LogP contribution in [-0.2, 0) is 9.47 Å². The fourth-order valence-corrected chi connectivity index (χ4v) is 1.76. The first-order valence-corrected chi connectivity index (χ1v) is 6.27. The maximum Gasteiger partial charge on any atom is 0.0637 e. The fraction of sp³-hybridized carbons (Fsp3) is 0.571. The molecule has 18 heavy (non-hydrogen) atoms. The molecule has 0 aliphatic heterocycles. The van der Waals surface area contributed by atoms with E-state index in [2.05, 4.69) is 29.2 Å². The van der Waals surface area contributed by atoms with Crippen molar-refractivity contribution in [2.75, 3.05) is 45.4 Å². The molecule has 0 bridgehead atoms. The first kappa shape index (κ1) is 15.0. The summed E-state index contributed by atoms with van der Waals surface area (Å²) in [5.74, 6) is 0. The lowest BCUT2D eigenvalue weighted by Crippen LogP contribution is -2.30. The minimum atomic E-state index is 0.0745. The van der Waals surface area contributed by atoms with Gasteiger partial charge in [0.05, 0.1) is 13.2 Å². The van der Waals surface area contributed by atoms with E-state index in [0.717, 1.165) is 18.7 Å².